The van der Waals surface area contributed by atoms with E-state index < -0.39 is 5.41 Å². The Morgan fingerprint density at radius 3 is 1.22 bits per heavy atom. The van der Waals surface area contributed by atoms with Crippen molar-refractivity contribution in [2.45, 2.75) is 24.7 Å². The zero-order valence-electron chi connectivity index (χ0n) is 36.6. The van der Waals surface area contributed by atoms with E-state index in [1.807, 2.05) is 0 Å². The van der Waals surface area contributed by atoms with Crippen LogP contribution in [-0.4, -0.2) is 0 Å². The second kappa shape index (κ2) is 15.4. The van der Waals surface area contributed by atoms with Crippen molar-refractivity contribution in [2.24, 2.45) is 0 Å². The predicted molar refractivity (Wildman–Crippen MR) is 272 cm³/mol. The molecule has 0 heterocycles. The van der Waals surface area contributed by atoms with Crippen molar-refractivity contribution in [1.29, 1.82) is 0 Å². The Morgan fingerprint density at radius 2 is 0.662 bits per heavy atom. The molecule has 0 unspecified atom stereocenters. The van der Waals surface area contributed by atoms with Gasteiger partial charge in [0, 0.05) is 22.4 Å². The van der Waals surface area contributed by atoms with E-state index in [1.54, 1.807) is 0 Å². The first-order valence-electron chi connectivity index (χ1n) is 22.8. The molecule has 0 spiro atoms. The van der Waals surface area contributed by atoms with Crippen LogP contribution >= 0.6 is 0 Å². The normalized spacial score (nSPS) is 13.6. The molecular weight excluding hydrogens is 783 g/mol. The van der Waals surface area contributed by atoms with Crippen LogP contribution < -0.4 is 4.90 Å². The first kappa shape index (κ1) is 38.7. The quantitative estimate of drug-likeness (QED) is 0.147. The molecule has 0 saturated carbocycles. The third-order valence-electron chi connectivity index (χ3n) is 14.2. The van der Waals surface area contributed by atoms with Crippen molar-refractivity contribution in [2.75, 3.05) is 4.90 Å². The number of hydrogen-bond donors (Lipinski definition) is 0. The number of fused-ring (bicyclic) bond motifs is 6. The fourth-order valence-corrected chi connectivity index (χ4v) is 11.1. The molecule has 12 rings (SSSR count). The average Bonchev–Trinajstić information content (AvgIpc) is 3.80. The number of anilines is 3. The highest BCUT2D eigenvalue weighted by atomic mass is 15.1. The Labute approximate surface area is 382 Å². The van der Waals surface area contributed by atoms with Gasteiger partial charge in [0.2, 0.25) is 0 Å². The van der Waals surface area contributed by atoms with Gasteiger partial charge in [-0.3, -0.25) is 0 Å². The van der Waals surface area contributed by atoms with E-state index in [2.05, 4.69) is 267 Å². The Morgan fingerprint density at radius 1 is 0.277 bits per heavy atom. The van der Waals surface area contributed by atoms with Gasteiger partial charge in [0.25, 0.3) is 0 Å². The molecule has 10 aromatic carbocycles. The highest BCUT2D eigenvalue weighted by Crippen LogP contribution is 2.58. The van der Waals surface area contributed by atoms with E-state index in [0.717, 1.165) is 17.1 Å². The molecule has 65 heavy (non-hydrogen) atoms. The van der Waals surface area contributed by atoms with E-state index in [1.165, 1.54) is 89.0 Å². The van der Waals surface area contributed by atoms with Crippen LogP contribution in [0.5, 0.6) is 0 Å². The minimum Gasteiger partial charge on any atom is -0.310 e. The van der Waals surface area contributed by atoms with Gasteiger partial charge < -0.3 is 4.90 Å². The molecule has 0 atom stereocenters. The summed E-state index contributed by atoms with van der Waals surface area (Å²) in [7, 11) is 0. The Balaban J connectivity index is 1.11. The van der Waals surface area contributed by atoms with Crippen molar-refractivity contribution >= 4 is 17.1 Å². The predicted octanol–water partition coefficient (Wildman–Crippen LogP) is 16.8. The lowest BCUT2D eigenvalue weighted by Gasteiger charge is -2.35. The molecule has 0 saturated heterocycles. The van der Waals surface area contributed by atoms with Gasteiger partial charge in [0.1, 0.15) is 0 Å². The third kappa shape index (κ3) is 6.15. The SMILES string of the molecule is CC1(C)c2ccccc2-c2ccc(N(c3ccc4c(c3)C(c3ccc(-c5ccccc5)cc3)(c3ccc(-c5ccccc5)cc3)c3ccccc3-4)c3ccccc3-c3ccccc3)cc21. The van der Waals surface area contributed by atoms with Gasteiger partial charge in [0.05, 0.1) is 11.1 Å². The molecule has 2 aliphatic carbocycles. The fourth-order valence-electron chi connectivity index (χ4n) is 11.1. The minimum absolute atomic E-state index is 0.154. The standard InChI is InChI=1S/C64H47N/c1-63(2)58-27-15-12-25-54(58)56-40-38-51(42-60(56)63)65(62-29-17-14-24-53(62)48-22-10-5-11-23-48)52-39-41-57-55-26-13-16-28-59(55)64(61(57)43-52,49-34-30-46(31-35-49)44-18-6-3-7-19-44)50-36-32-47(33-37-50)45-20-8-4-9-21-45/h3-43H,1-2H3. The largest absolute Gasteiger partial charge is 0.310 e. The van der Waals surface area contributed by atoms with Crippen LogP contribution in [0.4, 0.5) is 17.1 Å². The summed E-state index contributed by atoms with van der Waals surface area (Å²) in [5.41, 5.74) is 22.7. The highest BCUT2D eigenvalue weighted by Gasteiger charge is 2.46. The molecular formula is C64H47N. The highest BCUT2D eigenvalue weighted by molar-refractivity contribution is 5.94. The summed E-state index contributed by atoms with van der Waals surface area (Å²) in [6.45, 7) is 4.74. The molecule has 0 aromatic heterocycles. The first-order chi connectivity index (χ1) is 32.0. The van der Waals surface area contributed by atoms with Gasteiger partial charge in [-0.25, -0.2) is 0 Å². The van der Waals surface area contributed by atoms with Crippen LogP contribution in [0.15, 0.2) is 249 Å². The zero-order chi connectivity index (χ0) is 43.5. The van der Waals surface area contributed by atoms with Crippen LogP contribution in [0.3, 0.4) is 0 Å². The first-order valence-corrected chi connectivity index (χ1v) is 22.8. The Hall–Kier alpha value is -8.00. The molecule has 0 aliphatic heterocycles. The van der Waals surface area contributed by atoms with E-state index in [-0.39, 0.29) is 5.41 Å². The fraction of sp³-hybridized carbons (Fsp3) is 0.0625. The smallest absolute Gasteiger partial charge is 0.0714 e. The van der Waals surface area contributed by atoms with Gasteiger partial charge in [-0.2, -0.15) is 0 Å². The molecule has 0 bridgehead atoms. The summed E-state index contributed by atoms with van der Waals surface area (Å²) in [5.74, 6) is 0. The summed E-state index contributed by atoms with van der Waals surface area (Å²) < 4.78 is 0. The number of rotatable bonds is 8. The topological polar surface area (TPSA) is 3.24 Å². The van der Waals surface area contributed by atoms with Crippen LogP contribution in [0.2, 0.25) is 0 Å². The number of nitrogens with zero attached hydrogens (tertiary/aromatic N) is 1. The van der Waals surface area contributed by atoms with E-state index in [0.29, 0.717) is 0 Å². The second-order valence-electron chi connectivity index (χ2n) is 18.0. The average molecular weight is 830 g/mol. The number of para-hydroxylation sites is 1. The molecule has 0 radical (unpaired) electrons. The minimum atomic E-state index is -0.613. The molecule has 2 aliphatic rings. The maximum Gasteiger partial charge on any atom is 0.0714 e. The molecule has 1 nitrogen and oxygen atoms in total. The molecule has 10 aromatic rings. The summed E-state index contributed by atoms with van der Waals surface area (Å²) in [6, 6.07) is 92.2. The Kier molecular flexibility index (Phi) is 9.14. The van der Waals surface area contributed by atoms with Crippen LogP contribution in [0.1, 0.15) is 47.2 Å². The van der Waals surface area contributed by atoms with Crippen molar-refractivity contribution in [1.82, 2.24) is 0 Å². The van der Waals surface area contributed by atoms with Crippen molar-refractivity contribution in [3.05, 3.63) is 282 Å². The van der Waals surface area contributed by atoms with E-state index in [4.69, 9.17) is 0 Å². The molecule has 1 heteroatoms. The van der Waals surface area contributed by atoms with Crippen molar-refractivity contribution in [3.8, 4) is 55.6 Å². The molecule has 0 N–H and O–H groups in total. The summed E-state index contributed by atoms with van der Waals surface area (Å²) in [4.78, 5) is 2.51. The van der Waals surface area contributed by atoms with Gasteiger partial charge in [-0.05, 0) is 114 Å². The van der Waals surface area contributed by atoms with E-state index >= 15 is 0 Å². The Bertz CT molecular complexity index is 3280. The lowest BCUT2D eigenvalue weighted by atomic mass is 9.67. The maximum absolute atomic E-state index is 2.51. The van der Waals surface area contributed by atoms with E-state index in [9.17, 15) is 0 Å². The maximum atomic E-state index is 2.51. The lowest BCUT2D eigenvalue weighted by Crippen LogP contribution is -2.29. The second-order valence-corrected chi connectivity index (χ2v) is 18.0. The van der Waals surface area contributed by atoms with Crippen LogP contribution in [0, 0.1) is 0 Å². The summed E-state index contributed by atoms with van der Waals surface area (Å²) >= 11 is 0. The molecule has 0 fully saturated rings. The zero-order valence-corrected chi connectivity index (χ0v) is 36.6. The molecule has 308 valence electrons. The number of hydrogen-bond acceptors (Lipinski definition) is 1. The van der Waals surface area contributed by atoms with Crippen LogP contribution in [0.25, 0.3) is 55.6 Å². The summed E-state index contributed by atoms with van der Waals surface area (Å²) in [6.07, 6.45) is 0. The van der Waals surface area contributed by atoms with Crippen molar-refractivity contribution in [3.63, 3.8) is 0 Å². The van der Waals surface area contributed by atoms with Gasteiger partial charge in [-0.15, -0.1) is 0 Å². The third-order valence-corrected chi connectivity index (χ3v) is 14.2. The number of benzene rings is 10. The van der Waals surface area contributed by atoms with Gasteiger partial charge in [0.15, 0.2) is 0 Å². The van der Waals surface area contributed by atoms with Gasteiger partial charge in [-0.1, -0.05) is 232 Å². The summed E-state index contributed by atoms with van der Waals surface area (Å²) in [5, 5.41) is 0. The van der Waals surface area contributed by atoms with Crippen molar-refractivity contribution < 1.29 is 0 Å². The monoisotopic (exact) mass is 829 g/mol. The lowest BCUT2D eigenvalue weighted by molar-refractivity contribution is 0.660. The van der Waals surface area contributed by atoms with Gasteiger partial charge >= 0.3 is 0 Å². The molecule has 0 amide bonds. The van der Waals surface area contributed by atoms with Crippen LogP contribution in [-0.2, 0) is 10.8 Å².